The monoisotopic (exact) mass is 388 g/mol. The highest BCUT2D eigenvalue weighted by molar-refractivity contribution is 7.87. The average Bonchev–Trinajstić information content (AvgIpc) is 3.01. The van der Waals surface area contributed by atoms with Gasteiger partial charge in [0.2, 0.25) is 0 Å². The first-order valence-electron chi connectivity index (χ1n) is 8.13. The van der Waals surface area contributed by atoms with E-state index >= 15 is 0 Å². The van der Waals surface area contributed by atoms with E-state index in [0.717, 1.165) is 16.4 Å². The third-order valence-electron chi connectivity index (χ3n) is 4.24. The average molecular weight is 388 g/mol. The predicted molar refractivity (Wildman–Crippen MR) is 89.5 cm³/mol. The molecule has 0 fully saturated rings. The number of nitrogens with one attached hydrogen (secondary N) is 1. The summed E-state index contributed by atoms with van der Waals surface area (Å²) in [6.45, 7) is -0.770. The highest BCUT2D eigenvalue weighted by atomic mass is 32.2. The first-order valence-corrected chi connectivity index (χ1v) is 9.57. The number of nitrogens with zero attached hydrogens (tertiary/aromatic N) is 3. The minimum absolute atomic E-state index is 0.0269. The molecule has 0 amide bonds. The highest BCUT2D eigenvalue weighted by Gasteiger charge is 2.34. The van der Waals surface area contributed by atoms with Crippen LogP contribution in [0.3, 0.4) is 0 Å². The van der Waals surface area contributed by atoms with Crippen LogP contribution in [0.4, 0.5) is 13.2 Å². The smallest absolute Gasteiger partial charge is 0.334 e. The summed E-state index contributed by atoms with van der Waals surface area (Å²) in [5, 5.41) is 0. The van der Waals surface area contributed by atoms with Gasteiger partial charge in [0.05, 0.1) is 18.6 Å². The molecule has 1 aromatic carbocycles. The van der Waals surface area contributed by atoms with Gasteiger partial charge in [-0.1, -0.05) is 30.3 Å². The van der Waals surface area contributed by atoms with E-state index < -0.39 is 22.9 Å². The Bertz CT molecular complexity index is 850. The molecule has 1 aliphatic rings. The predicted octanol–water partition coefficient (Wildman–Crippen LogP) is 1.88. The molecular formula is C16H19F3N4O2S. The van der Waals surface area contributed by atoms with Gasteiger partial charge in [-0.15, -0.1) is 0 Å². The summed E-state index contributed by atoms with van der Waals surface area (Å²) in [5.41, 5.74) is 2.70. The Hall–Kier alpha value is -1.91. The van der Waals surface area contributed by atoms with Crippen molar-refractivity contribution in [3.05, 3.63) is 53.6 Å². The van der Waals surface area contributed by atoms with Gasteiger partial charge in [0.25, 0.3) is 10.2 Å². The lowest BCUT2D eigenvalue weighted by Gasteiger charge is -2.26. The van der Waals surface area contributed by atoms with Crippen molar-refractivity contribution in [1.29, 1.82) is 0 Å². The van der Waals surface area contributed by atoms with Crippen LogP contribution in [0.1, 0.15) is 17.0 Å². The summed E-state index contributed by atoms with van der Waals surface area (Å²) in [4.78, 5) is 4.25. The van der Waals surface area contributed by atoms with Crippen LogP contribution in [0.25, 0.3) is 0 Å². The SMILES string of the molecule is O=S(=O)(NCC(F)(F)F)N1CCc2c(ncn2CCc2ccccc2)C1. The third kappa shape index (κ3) is 4.63. The van der Waals surface area contributed by atoms with Gasteiger partial charge in [-0.05, 0) is 12.0 Å². The Morgan fingerprint density at radius 2 is 1.92 bits per heavy atom. The first kappa shape index (κ1) is 18.9. The topological polar surface area (TPSA) is 67.2 Å². The number of hydrogen-bond acceptors (Lipinski definition) is 3. The van der Waals surface area contributed by atoms with Gasteiger partial charge < -0.3 is 4.57 Å². The maximum absolute atomic E-state index is 12.3. The molecule has 2 heterocycles. The molecule has 26 heavy (non-hydrogen) atoms. The lowest BCUT2D eigenvalue weighted by atomic mass is 10.1. The van der Waals surface area contributed by atoms with Gasteiger partial charge >= 0.3 is 6.18 Å². The Labute approximate surface area is 149 Å². The third-order valence-corrected chi connectivity index (χ3v) is 5.74. The van der Waals surface area contributed by atoms with Crippen molar-refractivity contribution in [2.24, 2.45) is 0 Å². The maximum atomic E-state index is 12.3. The van der Waals surface area contributed by atoms with Gasteiger partial charge in [-0.2, -0.15) is 30.6 Å². The van der Waals surface area contributed by atoms with E-state index in [1.165, 1.54) is 5.56 Å². The van der Waals surface area contributed by atoms with Crippen LogP contribution >= 0.6 is 0 Å². The van der Waals surface area contributed by atoms with Gasteiger partial charge in [0.1, 0.15) is 6.54 Å². The fourth-order valence-electron chi connectivity index (χ4n) is 2.90. The quantitative estimate of drug-likeness (QED) is 0.822. The summed E-state index contributed by atoms with van der Waals surface area (Å²) in [6.07, 6.45) is -1.70. The minimum Gasteiger partial charge on any atom is -0.334 e. The van der Waals surface area contributed by atoms with Crippen molar-refractivity contribution in [2.75, 3.05) is 13.1 Å². The van der Waals surface area contributed by atoms with Crippen LogP contribution in [0, 0.1) is 0 Å². The van der Waals surface area contributed by atoms with Gasteiger partial charge in [0.15, 0.2) is 0 Å². The summed E-state index contributed by atoms with van der Waals surface area (Å²) in [7, 11) is -4.19. The molecule has 2 aromatic rings. The Morgan fingerprint density at radius 3 is 2.62 bits per heavy atom. The molecule has 3 rings (SSSR count). The highest BCUT2D eigenvalue weighted by Crippen LogP contribution is 2.21. The molecule has 0 atom stereocenters. The zero-order chi connectivity index (χ0) is 18.8. The molecule has 0 saturated carbocycles. The van der Waals surface area contributed by atoms with Crippen molar-refractivity contribution < 1.29 is 21.6 Å². The normalized spacial score (nSPS) is 15.8. The second-order valence-electron chi connectivity index (χ2n) is 6.09. The van der Waals surface area contributed by atoms with Gasteiger partial charge in [0, 0.05) is 25.2 Å². The number of aromatic nitrogens is 2. The van der Waals surface area contributed by atoms with Crippen LogP contribution in [0.5, 0.6) is 0 Å². The molecule has 6 nitrogen and oxygen atoms in total. The van der Waals surface area contributed by atoms with Crippen molar-refractivity contribution in [2.45, 2.75) is 32.1 Å². The van der Waals surface area contributed by atoms with Gasteiger partial charge in [-0.25, -0.2) is 4.98 Å². The molecule has 0 unspecified atom stereocenters. The standard InChI is InChI=1S/C16H19F3N4O2S/c17-16(18,19)11-21-26(24,25)23-9-7-15-14(10-23)20-12-22(15)8-6-13-4-2-1-3-5-13/h1-5,12,21H,6-11H2. The number of aryl methyl sites for hydroxylation is 2. The number of imidazole rings is 1. The molecule has 1 N–H and O–H groups in total. The Balaban J connectivity index is 1.64. The maximum Gasteiger partial charge on any atom is 0.402 e. The number of alkyl halides is 3. The Morgan fingerprint density at radius 1 is 1.19 bits per heavy atom. The number of hydrogen-bond donors (Lipinski definition) is 1. The van der Waals surface area contributed by atoms with E-state index in [-0.39, 0.29) is 13.1 Å². The summed E-state index contributed by atoms with van der Waals surface area (Å²) >= 11 is 0. The van der Waals surface area contributed by atoms with Crippen molar-refractivity contribution >= 4 is 10.2 Å². The van der Waals surface area contributed by atoms with E-state index in [1.807, 2.05) is 34.9 Å². The van der Waals surface area contributed by atoms with E-state index in [4.69, 9.17) is 0 Å². The molecule has 0 radical (unpaired) electrons. The van der Waals surface area contributed by atoms with Crippen molar-refractivity contribution in [3.63, 3.8) is 0 Å². The zero-order valence-corrected chi connectivity index (χ0v) is 14.7. The van der Waals surface area contributed by atoms with Crippen LogP contribution in [-0.2, 0) is 36.1 Å². The van der Waals surface area contributed by atoms with E-state index in [2.05, 4.69) is 4.98 Å². The number of fused-ring (bicyclic) bond motifs is 1. The summed E-state index contributed by atoms with van der Waals surface area (Å²) < 4.78 is 65.4. The first-order chi connectivity index (χ1) is 12.2. The van der Waals surface area contributed by atoms with Crippen LogP contribution in [0.15, 0.2) is 36.7 Å². The Kier molecular flexibility index (Phi) is 5.35. The largest absolute Gasteiger partial charge is 0.402 e. The van der Waals surface area contributed by atoms with Crippen LogP contribution in [0.2, 0.25) is 0 Å². The minimum atomic E-state index is -4.59. The lowest BCUT2D eigenvalue weighted by molar-refractivity contribution is -0.121. The molecule has 1 aromatic heterocycles. The fourth-order valence-corrected chi connectivity index (χ4v) is 4.05. The molecular weight excluding hydrogens is 369 g/mol. The zero-order valence-electron chi connectivity index (χ0n) is 13.9. The second kappa shape index (κ2) is 7.37. The molecule has 10 heteroatoms. The molecule has 142 valence electrons. The second-order valence-corrected chi connectivity index (χ2v) is 7.85. The molecule has 0 bridgehead atoms. The molecule has 1 aliphatic heterocycles. The summed E-state index contributed by atoms with van der Waals surface area (Å²) in [6, 6.07) is 9.95. The van der Waals surface area contributed by atoms with Crippen molar-refractivity contribution in [1.82, 2.24) is 18.6 Å². The lowest BCUT2D eigenvalue weighted by Crippen LogP contribution is -2.46. The number of rotatable bonds is 6. The van der Waals surface area contributed by atoms with Gasteiger partial charge in [-0.3, -0.25) is 0 Å². The molecule has 0 saturated heterocycles. The number of halogens is 3. The van der Waals surface area contributed by atoms with E-state index in [0.29, 0.717) is 18.7 Å². The molecule has 0 aliphatic carbocycles. The van der Waals surface area contributed by atoms with Crippen LogP contribution in [-0.4, -0.2) is 41.5 Å². The van der Waals surface area contributed by atoms with E-state index in [9.17, 15) is 21.6 Å². The number of benzene rings is 1. The van der Waals surface area contributed by atoms with Crippen LogP contribution < -0.4 is 4.72 Å². The fraction of sp³-hybridized carbons (Fsp3) is 0.438. The van der Waals surface area contributed by atoms with Crippen molar-refractivity contribution in [3.8, 4) is 0 Å². The molecule has 0 spiro atoms. The summed E-state index contributed by atoms with van der Waals surface area (Å²) in [5.74, 6) is 0. The van der Waals surface area contributed by atoms with E-state index in [1.54, 1.807) is 11.0 Å².